The van der Waals surface area contributed by atoms with E-state index in [4.69, 9.17) is 4.74 Å². The lowest BCUT2D eigenvalue weighted by Crippen LogP contribution is -2.32. The standard InChI is InChI=1S/C15H20N2O/c1-9(2)14-15-12(6-7-16-14)11-5-4-10(18-3)8-13(11)17-15/h4-5,8-9,14,16-17H,6-7H2,1-3H3. The Morgan fingerprint density at radius 2 is 2.17 bits per heavy atom. The number of aromatic amines is 1. The van der Waals surface area contributed by atoms with Gasteiger partial charge in [0.2, 0.25) is 0 Å². The Hall–Kier alpha value is -1.48. The van der Waals surface area contributed by atoms with Gasteiger partial charge in [0.05, 0.1) is 7.11 Å². The third-order valence-corrected chi connectivity index (χ3v) is 3.86. The normalized spacial score (nSPS) is 19.2. The highest BCUT2D eigenvalue weighted by molar-refractivity contribution is 5.86. The number of aromatic nitrogens is 1. The molecule has 96 valence electrons. The van der Waals surface area contributed by atoms with E-state index < -0.39 is 0 Å². The lowest BCUT2D eigenvalue weighted by atomic mass is 9.92. The molecular formula is C15H20N2O. The molecule has 0 saturated heterocycles. The van der Waals surface area contributed by atoms with E-state index >= 15 is 0 Å². The van der Waals surface area contributed by atoms with E-state index in [0.717, 1.165) is 18.7 Å². The Balaban J connectivity index is 2.17. The summed E-state index contributed by atoms with van der Waals surface area (Å²) in [5.41, 5.74) is 4.03. The quantitative estimate of drug-likeness (QED) is 0.852. The van der Waals surface area contributed by atoms with Crippen LogP contribution in [0.4, 0.5) is 0 Å². The van der Waals surface area contributed by atoms with Crippen LogP contribution >= 0.6 is 0 Å². The van der Waals surface area contributed by atoms with Crippen LogP contribution in [0.25, 0.3) is 10.9 Å². The molecule has 3 rings (SSSR count). The number of benzene rings is 1. The van der Waals surface area contributed by atoms with Crippen LogP contribution in [0.1, 0.15) is 31.1 Å². The predicted octanol–water partition coefficient (Wildman–Crippen LogP) is 3.02. The number of rotatable bonds is 2. The van der Waals surface area contributed by atoms with Crippen molar-refractivity contribution in [3.05, 3.63) is 29.5 Å². The largest absolute Gasteiger partial charge is 0.497 e. The number of hydrogen-bond acceptors (Lipinski definition) is 2. The SMILES string of the molecule is COc1ccc2c3c([nH]c2c1)C(C(C)C)NCC3. The highest BCUT2D eigenvalue weighted by Gasteiger charge is 2.25. The zero-order valence-corrected chi connectivity index (χ0v) is 11.2. The van der Waals surface area contributed by atoms with Crippen molar-refractivity contribution in [1.29, 1.82) is 0 Å². The molecule has 2 heterocycles. The van der Waals surface area contributed by atoms with Gasteiger partial charge in [-0.3, -0.25) is 0 Å². The number of hydrogen-bond donors (Lipinski definition) is 2. The molecule has 0 fully saturated rings. The summed E-state index contributed by atoms with van der Waals surface area (Å²) < 4.78 is 5.29. The van der Waals surface area contributed by atoms with E-state index in [9.17, 15) is 0 Å². The van der Waals surface area contributed by atoms with E-state index in [-0.39, 0.29) is 0 Å². The van der Waals surface area contributed by atoms with Gasteiger partial charge in [-0.2, -0.15) is 0 Å². The van der Waals surface area contributed by atoms with Crippen molar-refractivity contribution in [2.24, 2.45) is 5.92 Å². The summed E-state index contributed by atoms with van der Waals surface area (Å²) in [7, 11) is 1.71. The van der Waals surface area contributed by atoms with E-state index in [2.05, 4.69) is 36.3 Å². The first-order valence-corrected chi connectivity index (χ1v) is 6.62. The van der Waals surface area contributed by atoms with Crippen molar-refractivity contribution in [3.8, 4) is 5.75 Å². The van der Waals surface area contributed by atoms with Crippen LogP contribution in [0.15, 0.2) is 18.2 Å². The van der Waals surface area contributed by atoms with Crippen LogP contribution in [-0.4, -0.2) is 18.6 Å². The van der Waals surface area contributed by atoms with Gasteiger partial charge >= 0.3 is 0 Å². The van der Waals surface area contributed by atoms with Crippen LogP contribution in [-0.2, 0) is 6.42 Å². The summed E-state index contributed by atoms with van der Waals surface area (Å²) in [6.45, 7) is 5.59. The summed E-state index contributed by atoms with van der Waals surface area (Å²) in [4.78, 5) is 3.58. The molecule has 18 heavy (non-hydrogen) atoms. The summed E-state index contributed by atoms with van der Waals surface area (Å²) in [5.74, 6) is 1.51. The van der Waals surface area contributed by atoms with E-state index in [1.807, 2.05) is 6.07 Å². The second-order valence-corrected chi connectivity index (χ2v) is 5.35. The summed E-state index contributed by atoms with van der Waals surface area (Å²) in [5, 5.41) is 4.95. The summed E-state index contributed by atoms with van der Waals surface area (Å²) >= 11 is 0. The van der Waals surface area contributed by atoms with Crippen LogP contribution < -0.4 is 10.1 Å². The van der Waals surface area contributed by atoms with Gasteiger partial charge in [0.15, 0.2) is 0 Å². The Bertz CT molecular complexity index is 571. The maximum atomic E-state index is 5.29. The molecule has 0 radical (unpaired) electrons. The minimum Gasteiger partial charge on any atom is -0.497 e. The third-order valence-electron chi connectivity index (χ3n) is 3.86. The molecule has 0 spiro atoms. The lowest BCUT2D eigenvalue weighted by molar-refractivity contribution is 0.389. The third kappa shape index (κ3) is 1.70. The Labute approximate surface area is 108 Å². The highest BCUT2D eigenvalue weighted by atomic mass is 16.5. The number of fused-ring (bicyclic) bond motifs is 3. The van der Waals surface area contributed by atoms with Gasteiger partial charge in [-0.05, 0) is 36.6 Å². The van der Waals surface area contributed by atoms with E-state index in [0.29, 0.717) is 12.0 Å². The van der Waals surface area contributed by atoms with Crippen LogP contribution in [0.2, 0.25) is 0 Å². The van der Waals surface area contributed by atoms with Crippen LogP contribution in [0.3, 0.4) is 0 Å². The fourth-order valence-electron chi connectivity index (χ4n) is 2.94. The molecule has 1 atom stereocenters. The van der Waals surface area contributed by atoms with Gasteiger partial charge in [-0.25, -0.2) is 0 Å². The maximum absolute atomic E-state index is 5.29. The van der Waals surface area contributed by atoms with Crippen molar-refractivity contribution in [2.75, 3.05) is 13.7 Å². The molecule has 0 saturated carbocycles. The Morgan fingerprint density at radius 1 is 1.33 bits per heavy atom. The molecule has 1 aromatic heterocycles. The van der Waals surface area contributed by atoms with Crippen molar-refractivity contribution in [1.82, 2.24) is 10.3 Å². The summed E-state index contributed by atoms with van der Waals surface area (Å²) in [6.07, 6.45) is 1.10. The molecule has 2 N–H and O–H groups in total. The molecule has 1 aliphatic rings. The summed E-state index contributed by atoms with van der Waals surface area (Å²) in [6, 6.07) is 6.74. The Kier molecular flexibility index (Phi) is 2.78. The highest BCUT2D eigenvalue weighted by Crippen LogP contribution is 2.34. The maximum Gasteiger partial charge on any atom is 0.120 e. The number of H-pyrrole nitrogens is 1. The molecule has 1 aliphatic heterocycles. The van der Waals surface area contributed by atoms with Crippen molar-refractivity contribution < 1.29 is 4.74 Å². The average Bonchev–Trinajstić information content (AvgIpc) is 2.75. The van der Waals surface area contributed by atoms with Gasteiger partial charge in [-0.1, -0.05) is 13.8 Å². The van der Waals surface area contributed by atoms with Gasteiger partial charge in [0.1, 0.15) is 5.75 Å². The van der Waals surface area contributed by atoms with Crippen molar-refractivity contribution >= 4 is 10.9 Å². The molecular weight excluding hydrogens is 224 g/mol. The molecule has 1 aromatic carbocycles. The molecule has 0 amide bonds. The first kappa shape index (κ1) is 11.6. The molecule has 0 aliphatic carbocycles. The molecule has 3 nitrogen and oxygen atoms in total. The monoisotopic (exact) mass is 244 g/mol. The predicted molar refractivity (Wildman–Crippen MR) is 74.1 cm³/mol. The zero-order valence-electron chi connectivity index (χ0n) is 11.2. The van der Waals surface area contributed by atoms with Gasteiger partial charge in [-0.15, -0.1) is 0 Å². The first-order chi connectivity index (χ1) is 8.70. The second-order valence-electron chi connectivity index (χ2n) is 5.35. The van der Waals surface area contributed by atoms with Crippen molar-refractivity contribution in [2.45, 2.75) is 26.3 Å². The molecule has 2 aromatic rings. The van der Waals surface area contributed by atoms with Gasteiger partial charge < -0.3 is 15.0 Å². The minimum absolute atomic E-state index is 0.437. The topological polar surface area (TPSA) is 37.0 Å². The van der Waals surface area contributed by atoms with Crippen LogP contribution in [0.5, 0.6) is 5.75 Å². The molecule has 0 bridgehead atoms. The van der Waals surface area contributed by atoms with Crippen molar-refractivity contribution in [3.63, 3.8) is 0 Å². The number of methoxy groups -OCH3 is 1. The zero-order chi connectivity index (χ0) is 12.7. The molecule has 3 heteroatoms. The van der Waals surface area contributed by atoms with Gasteiger partial charge in [0, 0.05) is 28.7 Å². The second kappa shape index (κ2) is 4.32. The van der Waals surface area contributed by atoms with E-state index in [1.165, 1.54) is 22.2 Å². The fourth-order valence-corrected chi connectivity index (χ4v) is 2.94. The Morgan fingerprint density at radius 3 is 2.89 bits per heavy atom. The smallest absolute Gasteiger partial charge is 0.120 e. The fraction of sp³-hybridized carbons (Fsp3) is 0.467. The first-order valence-electron chi connectivity index (χ1n) is 6.62. The van der Waals surface area contributed by atoms with Crippen LogP contribution in [0, 0.1) is 5.92 Å². The average molecular weight is 244 g/mol. The van der Waals surface area contributed by atoms with E-state index in [1.54, 1.807) is 7.11 Å². The number of ether oxygens (including phenoxy) is 1. The lowest BCUT2D eigenvalue weighted by Gasteiger charge is -2.27. The number of nitrogens with one attached hydrogen (secondary N) is 2. The minimum atomic E-state index is 0.437. The molecule has 1 unspecified atom stereocenters. The van der Waals surface area contributed by atoms with Gasteiger partial charge in [0.25, 0.3) is 0 Å².